The number of carbonyl (C=O) groups excluding carboxylic acids is 2. The zero-order chi connectivity index (χ0) is 14.8. The Balaban J connectivity index is 2.21. The summed E-state index contributed by atoms with van der Waals surface area (Å²) in [5.74, 6) is 0.486. The summed E-state index contributed by atoms with van der Waals surface area (Å²) in [7, 11) is 1.60. The number of nitrogens with one attached hydrogen (secondary N) is 1. The van der Waals surface area contributed by atoms with Crippen LogP contribution in [0.2, 0.25) is 0 Å². The lowest BCUT2D eigenvalue weighted by Gasteiger charge is -2.06. The number of carbonyl (C=O) groups is 2. The molecule has 110 valence electrons. The highest BCUT2D eigenvalue weighted by atomic mass is 16.5. The van der Waals surface area contributed by atoms with Crippen LogP contribution >= 0.6 is 0 Å². The SMILES string of the molecule is CCOC(=O)CCCNC(=O)Cc1ccc(OC)cc1. The lowest BCUT2D eigenvalue weighted by atomic mass is 10.1. The lowest BCUT2D eigenvalue weighted by Crippen LogP contribution is -2.26. The van der Waals surface area contributed by atoms with Crippen molar-refractivity contribution < 1.29 is 19.1 Å². The number of hydrogen-bond acceptors (Lipinski definition) is 4. The van der Waals surface area contributed by atoms with E-state index in [1.807, 2.05) is 24.3 Å². The average Bonchev–Trinajstić information content (AvgIpc) is 2.45. The van der Waals surface area contributed by atoms with Crippen LogP contribution in [-0.2, 0) is 20.7 Å². The van der Waals surface area contributed by atoms with Crippen LogP contribution in [0.3, 0.4) is 0 Å². The molecular weight excluding hydrogens is 258 g/mol. The average molecular weight is 279 g/mol. The summed E-state index contributed by atoms with van der Waals surface area (Å²) in [4.78, 5) is 22.8. The molecule has 0 radical (unpaired) electrons. The van der Waals surface area contributed by atoms with E-state index in [2.05, 4.69) is 5.32 Å². The van der Waals surface area contributed by atoms with Gasteiger partial charge in [0.2, 0.25) is 5.91 Å². The van der Waals surface area contributed by atoms with E-state index in [4.69, 9.17) is 9.47 Å². The Hall–Kier alpha value is -2.04. The molecule has 5 nitrogen and oxygen atoms in total. The summed E-state index contributed by atoms with van der Waals surface area (Å²) in [6.45, 7) is 2.64. The summed E-state index contributed by atoms with van der Waals surface area (Å²) in [6, 6.07) is 7.36. The molecule has 0 heterocycles. The number of benzene rings is 1. The molecule has 0 atom stereocenters. The summed E-state index contributed by atoms with van der Waals surface area (Å²) in [5.41, 5.74) is 0.925. The fourth-order valence-electron chi connectivity index (χ4n) is 1.68. The Morgan fingerprint density at radius 1 is 1.20 bits per heavy atom. The normalized spacial score (nSPS) is 9.90. The van der Waals surface area contributed by atoms with Gasteiger partial charge < -0.3 is 14.8 Å². The molecule has 0 aliphatic rings. The summed E-state index contributed by atoms with van der Waals surface area (Å²) in [6.07, 6.45) is 1.24. The van der Waals surface area contributed by atoms with E-state index in [0.29, 0.717) is 32.4 Å². The maximum Gasteiger partial charge on any atom is 0.305 e. The Bertz CT molecular complexity index is 428. The molecule has 1 aromatic rings. The van der Waals surface area contributed by atoms with Crippen molar-refractivity contribution in [1.82, 2.24) is 5.32 Å². The second-order valence-corrected chi connectivity index (χ2v) is 4.28. The molecule has 20 heavy (non-hydrogen) atoms. The van der Waals surface area contributed by atoms with Crippen molar-refractivity contribution in [3.8, 4) is 5.75 Å². The van der Waals surface area contributed by atoms with Gasteiger partial charge in [0.1, 0.15) is 5.75 Å². The zero-order valence-corrected chi connectivity index (χ0v) is 12.0. The molecule has 1 aromatic carbocycles. The molecule has 0 saturated carbocycles. The molecule has 0 bridgehead atoms. The number of rotatable bonds is 8. The quantitative estimate of drug-likeness (QED) is 0.581. The van der Waals surface area contributed by atoms with Crippen molar-refractivity contribution >= 4 is 11.9 Å². The molecule has 0 unspecified atom stereocenters. The Morgan fingerprint density at radius 2 is 1.90 bits per heavy atom. The standard InChI is InChI=1S/C15H21NO4/c1-3-20-15(18)5-4-10-16-14(17)11-12-6-8-13(19-2)9-7-12/h6-9H,3-5,10-11H2,1-2H3,(H,16,17). The molecule has 1 amide bonds. The zero-order valence-electron chi connectivity index (χ0n) is 12.0. The van der Waals surface area contributed by atoms with Gasteiger partial charge in [0.05, 0.1) is 20.1 Å². The highest BCUT2D eigenvalue weighted by Crippen LogP contribution is 2.11. The third-order valence-electron chi connectivity index (χ3n) is 2.71. The molecule has 1 N–H and O–H groups in total. The van der Waals surface area contributed by atoms with E-state index in [-0.39, 0.29) is 11.9 Å². The topological polar surface area (TPSA) is 64.6 Å². The number of hydrogen-bond donors (Lipinski definition) is 1. The minimum absolute atomic E-state index is 0.0565. The molecule has 0 spiro atoms. The van der Waals surface area contributed by atoms with Gasteiger partial charge in [0, 0.05) is 13.0 Å². The van der Waals surface area contributed by atoms with E-state index < -0.39 is 0 Å². The van der Waals surface area contributed by atoms with Gasteiger partial charge in [-0.2, -0.15) is 0 Å². The highest BCUT2D eigenvalue weighted by Gasteiger charge is 2.05. The van der Waals surface area contributed by atoms with Crippen LogP contribution in [0.15, 0.2) is 24.3 Å². The van der Waals surface area contributed by atoms with E-state index in [1.54, 1.807) is 14.0 Å². The summed E-state index contributed by atoms with van der Waals surface area (Å²) >= 11 is 0. The summed E-state index contributed by atoms with van der Waals surface area (Å²) < 4.78 is 9.85. The number of methoxy groups -OCH3 is 1. The van der Waals surface area contributed by atoms with Gasteiger partial charge in [-0.1, -0.05) is 12.1 Å². The Labute approximate surface area is 119 Å². The van der Waals surface area contributed by atoms with Crippen LogP contribution < -0.4 is 10.1 Å². The highest BCUT2D eigenvalue weighted by molar-refractivity contribution is 5.78. The fourth-order valence-corrected chi connectivity index (χ4v) is 1.68. The first-order valence-corrected chi connectivity index (χ1v) is 6.71. The molecule has 0 aliphatic heterocycles. The van der Waals surface area contributed by atoms with E-state index in [9.17, 15) is 9.59 Å². The maximum absolute atomic E-state index is 11.7. The van der Waals surface area contributed by atoms with Gasteiger partial charge in [-0.3, -0.25) is 9.59 Å². The third-order valence-corrected chi connectivity index (χ3v) is 2.71. The van der Waals surface area contributed by atoms with Crippen molar-refractivity contribution in [3.05, 3.63) is 29.8 Å². The smallest absolute Gasteiger partial charge is 0.305 e. The molecule has 0 aliphatic carbocycles. The van der Waals surface area contributed by atoms with Crippen LogP contribution in [0.4, 0.5) is 0 Å². The van der Waals surface area contributed by atoms with Crippen molar-refractivity contribution in [2.75, 3.05) is 20.3 Å². The predicted octanol–water partition coefficient (Wildman–Crippen LogP) is 1.70. The molecule has 0 fully saturated rings. The monoisotopic (exact) mass is 279 g/mol. The van der Waals surface area contributed by atoms with E-state index in [1.165, 1.54) is 0 Å². The van der Waals surface area contributed by atoms with Gasteiger partial charge in [-0.05, 0) is 31.0 Å². The Morgan fingerprint density at radius 3 is 2.50 bits per heavy atom. The van der Waals surface area contributed by atoms with E-state index >= 15 is 0 Å². The first-order chi connectivity index (χ1) is 9.65. The van der Waals surface area contributed by atoms with Gasteiger partial charge in [0.25, 0.3) is 0 Å². The second-order valence-electron chi connectivity index (χ2n) is 4.28. The predicted molar refractivity (Wildman–Crippen MR) is 75.6 cm³/mol. The van der Waals surface area contributed by atoms with Crippen molar-refractivity contribution in [3.63, 3.8) is 0 Å². The van der Waals surface area contributed by atoms with Gasteiger partial charge >= 0.3 is 5.97 Å². The second kappa shape index (κ2) is 8.96. The molecule has 1 rings (SSSR count). The van der Waals surface area contributed by atoms with Crippen LogP contribution in [0.25, 0.3) is 0 Å². The first kappa shape index (κ1) is 16.0. The van der Waals surface area contributed by atoms with Gasteiger partial charge in [0.15, 0.2) is 0 Å². The lowest BCUT2D eigenvalue weighted by molar-refractivity contribution is -0.143. The van der Waals surface area contributed by atoms with Crippen molar-refractivity contribution in [2.45, 2.75) is 26.2 Å². The van der Waals surface area contributed by atoms with Gasteiger partial charge in [-0.25, -0.2) is 0 Å². The molecule has 0 aromatic heterocycles. The number of esters is 1. The van der Waals surface area contributed by atoms with Crippen LogP contribution in [0.5, 0.6) is 5.75 Å². The van der Waals surface area contributed by atoms with E-state index in [0.717, 1.165) is 11.3 Å². The van der Waals surface area contributed by atoms with Gasteiger partial charge in [-0.15, -0.1) is 0 Å². The van der Waals surface area contributed by atoms with Crippen molar-refractivity contribution in [1.29, 1.82) is 0 Å². The van der Waals surface area contributed by atoms with Crippen LogP contribution in [0.1, 0.15) is 25.3 Å². The Kier molecular flexibility index (Phi) is 7.17. The third kappa shape index (κ3) is 6.22. The summed E-state index contributed by atoms with van der Waals surface area (Å²) in [5, 5.41) is 2.78. The largest absolute Gasteiger partial charge is 0.497 e. The number of ether oxygens (including phenoxy) is 2. The fraction of sp³-hybridized carbons (Fsp3) is 0.467. The molecule has 5 heteroatoms. The number of amides is 1. The first-order valence-electron chi connectivity index (χ1n) is 6.71. The van der Waals surface area contributed by atoms with Crippen LogP contribution in [-0.4, -0.2) is 32.1 Å². The minimum atomic E-state index is -0.225. The minimum Gasteiger partial charge on any atom is -0.497 e. The van der Waals surface area contributed by atoms with Crippen LogP contribution in [0, 0.1) is 0 Å². The molecular formula is C15H21NO4. The molecule has 0 saturated heterocycles. The maximum atomic E-state index is 11.7. The van der Waals surface area contributed by atoms with Crippen molar-refractivity contribution in [2.24, 2.45) is 0 Å².